The average Bonchev–Trinajstić information content (AvgIpc) is 2.93. The van der Waals surface area contributed by atoms with Crippen molar-refractivity contribution >= 4 is 38.5 Å². The maximum atomic E-state index is 9.84. The van der Waals surface area contributed by atoms with E-state index in [9.17, 15) is 10.4 Å². The van der Waals surface area contributed by atoms with Crippen LogP contribution in [0.25, 0.3) is 0 Å². The maximum absolute atomic E-state index is 9.84. The maximum Gasteiger partial charge on any atom is 0.172 e. The molecule has 0 atom stereocenters. The van der Waals surface area contributed by atoms with Gasteiger partial charge in [0.1, 0.15) is 11.1 Å². The molecule has 23 heavy (non-hydrogen) atoms. The average molecular weight is 391 g/mol. The van der Waals surface area contributed by atoms with E-state index in [0.717, 1.165) is 29.8 Å². The summed E-state index contributed by atoms with van der Waals surface area (Å²) in [4.78, 5) is 5.81. The van der Waals surface area contributed by atoms with Crippen molar-refractivity contribution in [2.75, 3.05) is 7.11 Å². The van der Waals surface area contributed by atoms with E-state index in [0.29, 0.717) is 15.8 Å². The zero-order valence-electron chi connectivity index (χ0n) is 12.6. The van der Waals surface area contributed by atoms with Gasteiger partial charge in [-0.05, 0) is 64.9 Å². The van der Waals surface area contributed by atoms with Crippen LogP contribution in [0, 0.1) is 11.3 Å². The van der Waals surface area contributed by atoms with Crippen LogP contribution in [0.5, 0.6) is 11.5 Å². The highest BCUT2D eigenvalue weighted by Crippen LogP contribution is 2.39. The van der Waals surface area contributed by atoms with E-state index >= 15 is 0 Å². The van der Waals surface area contributed by atoms with Crippen LogP contribution < -0.4 is 4.74 Å². The number of nitrogens with zero attached hydrogens (tertiary/aromatic N) is 2. The van der Waals surface area contributed by atoms with Gasteiger partial charge >= 0.3 is 0 Å². The van der Waals surface area contributed by atoms with Crippen molar-refractivity contribution in [3.63, 3.8) is 0 Å². The van der Waals surface area contributed by atoms with Crippen molar-refractivity contribution in [3.8, 4) is 17.6 Å². The first-order valence-electron chi connectivity index (χ1n) is 7.29. The summed E-state index contributed by atoms with van der Waals surface area (Å²) in [6.45, 7) is 0. The number of phenols is 1. The van der Waals surface area contributed by atoms with Gasteiger partial charge in [0.05, 0.1) is 17.1 Å². The minimum absolute atomic E-state index is 0.0638. The van der Waals surface area contributed by atoms with Gasteiger partial charge in [0.25, 0.3) is 0 Å². The second-order valence-electron chi connectivity index (χ2n) is 5.31. The lowest BCUT2D eigenvalue weighted by Crippen LogP contribution is -1.99. The third kappa shape index (κ3) is 3.12. The fourth-order valence-corrected chi connectivity index (χ4v) is 4.36. The molecule has 1 N–H and O–H groups in total. The van der Waals surface area contributed by atoms with Crippen LogP contribution >= 0.6 is 27.3 Å². The van der Waals surface area contributed by atoms with Crippen LogP contribution in [0.15, 0.2) is 21.6 Å². The van der Waals surface area contributed by atoms with Gasteiger partial charge in [-0.1, -0.05) is 0 Å². The number of phenolic OH excluding ortho intramolecular Hbond substituents is 1. The standard InChI is InChI=1S/C17H15BrN2O2S/c1-22-14-7-10(6-13(18)16(14)21)9-20-17-12(8-19)11-4-2-3-5-15(11)23-17/h6-7,9,21H,2-5H2,1H3/b20-9+. The van der Waals surface area contributed by atoms with Crippen LogP contribution in [-0.4, -0.2) is 18.4 Å². The Labute approximate surface area is 147 Å². The molecule has 0 radical (unpaired) electrons. The minimum Gasteiger partial charge on any atom is -0.503 e. The molecule has 3 rings (SSSR count). The highest BCUT2D eigenvalue weighted by molar-refractivity contribution is 9.10. The lowest BCUT2D eigenvalue weighted by molar-refractivity contribution is 0.372. The predicted molar refractivity (Wildman–Crippen MR) is 95.3 cm³/mol. The first kappa shape index (κ1) is 16.0. The van der Waals surface area contributed by atoms with Crippen LogP contribution in [0.2, 0.25) is 0 Å². The first-order valence-corrected chi connectivity index (χ1v) is 8.90. The molecule has 0 saturated carbocycles. The third-order valence-corrected chi connectivity index (χ3v) is 5.67. The molecule has 0 bridgehead atoms. The number of hydrogen-bond donors (Lipinski definition) is 1. The van der Waals surface area contributed by atoms with Gasteiger partial charge in [-0.3, -0.25) is 0 Å². The largest absolute Gasteiger partial charge is 0.503 e. The van der Waals surface area contributed by atoms with E-state index in [1.165, 1.54) is 24.0 Å². The summed E-state index contributed by atoms with van der Waals surface area (Å²) >= 11 is 4.91. The number of ether oxygens (including phenoxy) is 1. The van der Waals surface area contributed by atoms with Gasteiger partial charge in [0.15, 0.2) is 11.5 Å². The van der Waals surface area contributed by atoms with Crippen molar-refractivity contribution in [2.45, 2.75) is 25.7 Å². The van der Waals surface area contributed by atoms with Gasteiger partial charge in [-0.2, -0.15) is 5.26 Å². The SMILES string of the molecule is COc1cc(/C=N/c2sc3c(c2C#N)CCCC3)cc(Br)c1O. The summed E-state index contributed by atoms with van der Waals surface area (Å²) in [5.74, 6) is 0.445. The number of methoxy groups -OCH3 is 1. The number of rotatable bonds is 3. The molecule has 1 aliphatic rings. The smallest absolute Gasteiger partial charge is 0.172 e. The molecule has 0 saturated heterocycles. The highest BCUT2D eigenvalue weighted by atomic mass is 79.9. The monoisotopic (exact) mass is 390 g/mol. The molecule has 1 aromatic carbocycles. The van der Waals surface area contributed by atoms with Crippen LogP contribution in [0.1, 0.15) is 34.4 Å². The van der Waals surface area contributed by atoms with Gasteiger partial charge in [0, 0.05) is 11.1 Å². The van der Waals surface area contributed by atoms with Gasteiger partial charge in [-0.25, -0.2) is 4.99 Å². The Kier molecular flexibility index (Phi) is 4.69. The summed E-state index contributed by atoms with van der Waals surface area (Å²) in [7, 11) is 1.50. The van der Waals surface area contributed by atoms with Crippen LogP contribution in [0.3, 0.4) is 0 Å². The third-order valence-electron chi connectivity index (χ3n) is 3.87. The molecule has 6 heteroatoms. The van der Waals surface area contributed by atoms with Gasteiger partial charge in [-0.15, -0.1) is 11.3 Å². The van der Waals surface area contributed by atoms with E-state index in [1.807, 2.05) is 0 Å². The number of thiophene rings is 1. The van der Waals surface area contributed by atoms with E-state index in [-0.39, 0.29) is 5.75 Å². The first-order chi connectivity index (χ1) is 11.1. The fraction of sp³-hybridized carbons (Fsp3) is 0.294. The summed E-state index contributed by atoms with van der Waals surface area (Å²) in [6.07, 6.45) is 6.05. The number of hydrogen-bond acceptors (Lipinski definition) is 5. The van der Waals surface area contributed by atoms with E-state index in [1.54, 1.807) is 29.7 Å². The highest BCUT2D eigenvalue weighted by Gasteiger charge is 2.20. The molecular formula is C17H15BrN2O2S. The number of fused-ring (bicyclic) bond motifs is 1. The minimum atomic E-state index is 0.0638. The predicted octanol–water partition coefficient (Wildman–Crippen LogP) is 4.73. The molecule has 4 nitrogen and oxygen atoms in total. The molecule has 0 spiro atoms. The number of benzene rings is 1. The lowest BCUT2D eigenvalue weighted by Gasteiger charge is -2.09. The Bertz CT molecular complexity index is 821. The lowest BCUT2D eigenvalue weighted by atomic mass is 9.96. The quantitative estimate of drug-likeness (QED) is 0.770. The van der Waals surface area contributed by atoms with Crippen LogP contribution in [-0.2, 0) is 12.8 Å². The second-order valence-corrected chi connectivity index (χ2v) is 7.25. The van der Waals surface area contributed by atoms with Crippen molar-refractivity contribution in [1.29, 1.82) is 5.26 Å². The van der Waals surface area contributed by atoms with Crippen molar-refractivity contribution in [3.05, 3.63) is 38.2 Å². The molecule has 0 aliphatic heterocycles. The van der Waals surface area contributed by atoms with Gasteiger partial charge < -0.3 is 9.84 Å². The van der Waals surface area contributed by atoms with Crippen molar-refractivity contribution in [2.24, 2.45) is 4.99 Å². The zero-order valence-corrected chi connectivity index (χ0v) is 15.0. The Morgan fingerprint density at radius 2 is 2.17 bits per heavy atom. The number of aromatic hydroxyl groups is 1. The summed E-state index contributed by atoms with van der Waals surface area (Å²) < 4.78 is 5.68. The summed E-state index contributed by atoms with van der Waals surface area (Å²) in [5.41, 5.74) is 2.69. The fourth-order valence-electron chi connectivity index (χ4n) is 2.71. The second kappa shape index (κ2) is 6.73. The Balaban J connectivity index is 1.96. The normalized spacial score (nSPS) is 13.8. The van der Waals surface area contributed by atoms with E-state index in [2.05, 4.69) is 27.0 Å². The van der Waals surface area contributed by atoms with E-state index < -0.39 is 0 Å². The van der Waals surface area contributed by atoms with Crippen LogP contribution in [0.4, 0.5) is 5.00 Å². The zero-order chi connectivity index (χ0) is 16.4. The number of nitriles is 1. The molecule has 1 heterocycles. The topological polar surface area (TPSA) is 65.6 Å². The summed E-state index contributed by atoms with van der Waals surface area (Å²) in [5, 5.41) is 20.1. The van der Waals surface area contributed by atoms with Gasteiger partial charge in [0.2, 0.25) is 0 Å². The Hall–Kier alpha value is -1.84. The molecule has 0 fully saturated rings. The summed E-state index contributed by atoms with van der Waals surface area (Å²) in [6, 6.07) is 5.78. The molecule has 0 unspecified atom stereocenters. The molecule has 2 aromatic rings. The number of aliphatic imine (C=N–C) groups is 1. The molecule has 0 amide bonds. The van der Waals surface area contributed by atoms with E-state index in [4.69, 9.17) is 4.74 Å². The number of halogens is 1. The number of aryl methyl sites for hydroxylation is 1. The Morgan fingerprint density at radius 1 is 1.39 bits per heavy atom. The molecule has 1 aromatic heterocycles. The Morgan fingerprint density at radius 3 is 2.91 bits per heavy atom. The molecule has 118 valence electrons. The molecular weight excluding hydrogens is 376 g/mol. The van der Waals surface area contributed by atoms with Crippen molar-refractivity contribution in [1.82, 2.24) is 0 Å². The van der Waals surface area contributed by atoms with Crippen molar-refractivity contribution < 1.29 is 9.84 Å². The molecule has 1 aliphatic carbocycles.